The number of carboxylic acid groups (broad SMARTS) is 4. The highest BCUT2D eigenvalue weighted by Gasteiger charge is 1.84. The third kappa shape index (κ3) is 31.6. The second kappa shape index (κ2) is 14.9. The van der Waals surface area contributed by atoms with Crippen LogP contribution in [-0.2, 0) is 19.2 Å². The predicted octanol–water partition coefficient (Wildman–Crippen LogP) is 1.17. The van der Waals surface area contributed by atoms with Crippen molar-refractivity contribution in [3.8, 4) is 0 Å². The third-order valence-electron chi connectivity index (χ3n) is 1.18. The molecule has 116 valence electrons. The molecule has 8 heteroatoms. The van der Waals surface area contributed by atoms with Gasteiger partial charge < -0.3 is 20.4 Å². The highest BCUT2D eigenvalue weighted by Crippen LogP contribution is 1.77. The van der Waals surface area contributed by atoms with Crippen LogP contribution in [0.3, 0.4) is 0 Å². The van der Waals surface area contributed by atoms with Gasteiger partial charge in [-0.05, 0) is 0 Å². The van der Waals surface area contributed by atoms with Crippen LogP contribution in [-0.4, -0.2) is 44.3 Å². The van der Waals surface area contributed by atoms with Crippen LogP contribution in [0.25, 0.3) is 0 Å². The fraction of sp³-hybridized carbons (Fsp3) is 0.0769. The highest BCUT2D eigenvalue weighted by atomic mass is 16.4. The molecule has 0 rings (SSSR count). The van der Waals surface area contributed by atoms with Crippen LogP contribution in [0.2, 0.25) is 0 Å². The number of rotatable bonds is 6. The summed E-state index contributed by atoms with van der Waals surface area (Å²) in [5, 5.41) is 32.0. The Hall–Kier alpha value is -3.16. The number of hydrogen-bond acceptors (Lipinski definition) is 4. The largest absolute Gasteiger partial charge is 0.478 e. The van der Waals surface area contributed by atoms with Crippen LogP contribution >= 0.6 is 0 Å². The Morgan fingerprint density at radius 1 is 0.476 bits per heavy atom. The first-order valence-electron chi connectivity index (χ1n) is 4.87. The SMILES string of the molecule is C.O=C(O)/C=C/C=C/C(=O)O.O=C(O)/C=C\C=C\C(=O)O. The number of carboxylic acids is 4. The van der Waals surface area contributed by atoms with Crippen LogP contribution in [0.4, 0.5) is 0 Å². The Morgan fingerprint density at radius 3 is 0.714 bits per heavy atom. The van der Waals surface area contributed by atoms with E-state index in [0.29, 0.717) is 0 Å². The smallest absolute Gasteiger partial charge is 0.328 e. The van der Waals surface area contributed by atoms with Crippen molar-refractivity contribution in [1.82, 2.24) is 0 Å². The summed E-state index contributed by atoms with van der Waals surface area (Å²) < 4.78 is 0. The molecule has 0 heterocycles. The van der Waals surface area contributed by atoms with E-state index in [2.05, 4.69) is 0 Å². The first-order valence-corrected chi connectivity index (χ1v) is 4.87. The van der Waals surface area contributed by atoms with Gasteiger partial charge in [-0.1, -0.05) is 31.7 Å². The van der Waals surface area contributed by atoms with Crippen LogP contribution < -0.4 is 0 Å². The van der Waals surface area contributed by atoms with Crippen LogP contribution in [0, 0.1) is 0 Å². The molecule has 4 N–H and O–H groups in total. The molecule has 0 aliphatic heterocycles. The fourth-order valence-corrected chi connectivity index (χ4v) is 0.551. The highest BCUT2D eigenvalue weighted by molar-refractivity contribution is 5.83. The molecule has 0 spiro atoms. The summed E-state index contributed by atoms with van der Waals surface area (Å²) in [4.78, 5) is 39.1. The van der Waals surface area contributed by atoms with Gasteiger partial charge in [0.15, 0.2) is 0 Å². The van der Waals surface area contributed by atoms with Gasteiger partial charge in [0, 0.05) is 24.3 Å². The number of aliphatic carboxylic acids is 4. The van der Waals surface area contributed by atoms with Crippen molar-refractivity contribution < 1.29 is 39.6 Å². The summed E-state index contributed by atoms with van der Waals surface area (Å²) in [5.74, 6) is -4.41. The molecule has 0 aliphatic carbocycles. The topological polar surface area (TPSA) is 149 Å². The molecule has 0 saturated heterocycles. The Balaban J connectivity index is -0.000000295. The normalized spacial score (nSPS) is 10.3. The van der Waals surface area contributed by atoms with Gasteiger partial charge in [0.1, 0.15) is 0 Å². The minimum absolute atomic E-state index is 0. The molecule has 0 aromatic rings. The lowest BCUT2D eigenvalue weighted by molar-refractivity contribution is -0.132. The Bertz CT molecular complexity index is 381. The number of allylic oxidation sites excluding steroid dienone is 4. The Morgan fingerprint density at radius 2 is 0.619 bits per heavy atom. The van der Waals surface area contributed by atoms with E-state index in [1.165, 1.54) is 0 Å². The van der Waals surface area contributed by atoms with Crippen molar-refractivity contribution in [3.05, 3.63) is 48.6 Å². The number of hydrogen-bond donors (Lipinski definition) is 4. The quantitative estimate of drug-likeness (QED) is 0.422. The average molecular weight is 300 g/mol. The molecule has 0 aliphatic rings. The van der Waals surface area contributed by atoms with Gasteiger partial charge in [-0.15, -0.1) is 0 Å². The van der Waals surface area contributed by atoms with E-state index in [-0.39, 0.29) is 7.43 Å². The zero-order valence-electron chi connectivity index (χ0n) is 10.0. The molecular formula is C13H16O8. The molecule has 8 nitrogen and oxygen atoms in total. The van der Waals surface area contributed by atoms with Gasteiger partial charge in [0.25, 0.3) is 0 Å². The Labute approximate surface area is 120 Å². The fourth-order valence-electron chi connectivity index (χ4n) is 0.551. The molecule has 0 aromatic heterocycles. The van der Waals surface area contributed by atoms with E-state index in [9.17, 15) is 19.2 Å². The monoisotopic (exact) mass is 300 g/mol. The van der Waals surface area contributed by atoms with Crippen LogP contribution in [0.1, 0.15) is 7.43 Å². The van der Waals surface area contributed by atoms with Crippen molar-refractivity contribution in [1.29, 1.82) is 0 Å². The molecule has 21 heavy (non-hydrogen) atoms. The van der Waals surface area contributed by atoms with E-state index in [1.807, 2.05) is 0 Å². The van der Waals surface area contributed by atoms with Gasteiger partial charge >= 0.3 is 23.9 Å². The van der Waals surface area contributed by atoms with Gasteiger partial charge in [-0.3, -0.25) is 0 Å². The van der Waals surface area contributed by atoms with Crippen molar-refractivity contribution in [2.24, 2.45) is 0 Å². The minimum Gasteiger partial charge on any atom is -0.478 e. The maximum Gasteiger partial charge on any atom is 0.328 e. The molecule has 0 saturated carbocycles. The van der Waals surface area contributed by atoms with Crippen molar-refractivity contribution in [3.63, 3.8) is 0 Å². The first-order chi connectivity index (χ1) is 9.25. The maximum absolute atomic E-state index is 9.78. The average Bonchev–Trinajstić information content (AvgIpc) is 2.30. The van der Waals surface area contributed by atoms with Crippen LogP contribution in [0.5, 0.6) is 0 Å². The second-order valence-corrected chi connectivity index (χ2v) is 2.79. The molecular weight excluding hydrogens is 284 g/mol. The van der Waals surface area contributed by atoms with E-state index < -0.39 is 23.9 Å². The molecule has 0 radical (unpaired) electrons. The van der Waals surface area contributed by atoms with E-state index in [4.69, 9.17) is 20.4 Å². The van der Waals surface area contributed by atoms with Gasteiger partial charge in [0.05, 0.1) is 0 Å². The van der Waals surface area contributed by atoms with Gasteiger partial charge in [0.2, 0.25) is 0 Å². The lowest BCUT2D eigenvalue weighted by Gasteiger charge is -1.75. The Kier molecular flexibility index (Phi) is 16.3. The van der Waals surface area contributed by atoms with Gasteiger partial charge in [-0.2, -0.15) is 0 Å². The minimum atomic E-state index is -1.10. The first kappa shape index (κ1) is 23.0. The molecule has 0 amide bonds. The standard InChI is InChI=1S/2C6H6O4.CH4/c2*7-5(8)3-1-2-4-6(9)10;/h2*1-4H,(H,7,8)(H,9,10);1H4/b3-1+,4-2+;3-1-,4-2+;. The maximum atomic E-state index is 9.78. The molecule has 0 fully saturated rings. The molecule has 0 aromatic carbocycles. The van der Waals surface area contributed by atoms with Crippen LogP contribution in [0.15, 0.2) is 48.6 Å². The second-order valence-electron chi connectivity index (χ2n) is 2.79. The lowest BCUT2D eigenvalue weighted by atomic mass is 10.4. The summed E-state index contributed by atoms with van der Waals surface area (Å²) >= 11 is 0. The molecule has 0 bridgehead atoms. The van der Waals surface area contributed by atoms with Crippen molar-refractivity contribution in [2.45, 2.75) is 7.43 Å². The van der Waals surface area contributed by atoms with E-state index in [0.717, 1.165) is 48.6 Å². The number of carbonyl (C=O) groups is 4. The summed E-state index contributed by atoms with van der Waals surface area (Å²) in [5.41, 5.74) is 0. The van der Waals surface area contributed by atoms with Crippen molar-refractivity contribution in [2.75, 3.05) is 0 Å². The molecule has 0 atom stereocenters. The van der Waals surface area contributed by atoms with Crippen molar-refractivity contribution >= 4 is 23.9 Å². The van der Waals surface area contributed by atoms with Gasteiger partial charge in [-0.25, -0.2) is 19.2 Å². The lowest BCUT2D eigenvalue weighted by Crippen LogP contribution is -1.86. The zero-order chi connectivity index (χ0) is 16.0. The third-order valence-corrected chi connectivity index (χ3v) is 1.18. The zero-order valence-corrected chi connectivity index (χ0v) is 10.0. The van der Waals surface area contributed by atoms with E-state index >= 15 is 0 Å². The summed E-state index contributed by atoms with van der Waals surface area (Å²) in [7, 11) is 0. The molecule has 0 unspecified atom stereocenters. The summed E-state index contributed by atoms with van der Waals surface area (Å²) in [6.07, 6.45) is 7.93. The van der Waals surface area contributed by atoms with E-state index in [1.54, 1.807) is 0 Å². The summed E-state index contributed by atoms with van der Waals surface area (Å²) in [6.45, 7) is 0. The predicted molar refractivity (Wildman–Crippen MR) is 73.8 cm³/mol. The summed E-state index contributed by atoms with van der Waals surface area (Å²) in [6, 6.07) is 0.